The summed E-state index contributed by atoms with van der Waals surface area (Å²) in [6.07, 6.45) is 2.52. The van der Waals surface area contributed by atoms with Crippen molar-refractivity contribution in [2.24, 2.45) is 5.41 Å². The summed E-state index contributed by atoms with van der Waals surface area (Å²) in [6, 6.07) is 10.8. The van der Waals surface area contributed by atoms with Gasteiger partial charge in [-0.1, -0.05) is 32.9 Å². The van der Waals surface area contributed by atoms with E-state index in [2.05, 4.69) is 42.8 Å². The van der Waals surface area contributed by atoms with Crippen LogP contribution in [0, 0.1) is 25.1 Å². The van der Waals surface area contributed by atoms with Crippen LogP contribution in [0.3, 0.4) is 0 Å². The topological polar surface area (TPSA) is 34.0 Å². The van der Waals surface area contributed by atoms with Gasteiger partial charge in [0.2, 0.25) is 5.91 Å². The molecule has 1 N–H and O–H groups in total. The van der Waals surface area contributed by atoms with Gasteiger partial charge < -0.3 is 9.88 Å². The standard InChI is InChI=1S/C23H27FN2O/c1-15-12-20-19(16(2)22(15)25-21(27)13-23(3,4)5)10-11-26(20)14-17-6-8-18(24)9-7-17/h6-12H,13-14H2,1-5H3,(H,25,27). The van der Waals surface area contributed by atoms with Gasteiger partial charge >= 0.3 is 0 Å². The molecule has 0 spiro atoms. The van der Waals surface area contributed by atoms with Crippen molar-refractivity contribution in [2.75, 3.05) is 5.32 Å². The van der Waals surface area contributed by atoms with E-state index in [-0.39, 0.29) is 17.1 Å². The largest absolute Gasteiger partial charge is 0.343 e. The molecule has 0 atom stereocenters. The first-order chi connectivity index (χ1) is 12.6. The highest BCUT2D eigenvalue weighted by atomic mass is 19.1. The molecule has 3 aromatic rings. The second kappa shape index (κ2) is 7.18. The van der Waals surface area contributed by atoms with E-state index >= 15 is 0 Å². The van der Waals surface area contributed by atoms with E-state index in [0.717, 1.165) is 33.3 Å². The van der Waals surface area contributed by atoms with Crippen LogP contribution in [0.4, 0.5) is 10.1 Å². The van der Waals surface area contributed by atoms with Crippen LogP contribution in [0.15, 0.2) is 42.6 Å². The maximum Gasteiger partial charge on any atom is 0.224 e. The van der Waals surface area contributed by atoms with E-state index in [4.69, 9.17) is 0 Å². The molecule has 1 aromatic heterocycles. The summed E-state index contributed by atoms with van der Waals surface area (Å²) in [5.41, 5.74) is 5.13. The Kier molecular flexibility index (Phi) is 5.09. The highest BCUT2D eigenvalue weighted by molar-refractivity contribution is 5.98. The first-order valence-electron chi connectivity index (χ1n) is 9.27. The fourth-order valence-corrected chi connectivity index (χ4v) is 3.45. The van der Waals surface area contributed by atoms with Crippen LogP contribution < -0.4 is 5.32 Å². The molecule has 0 aliphatic heterocycles. The van der Waals surface area contributed by atoms with E-state index in [0.29, 0.717) is 13.0 Å². The van der Waals surface area contributed by atoms with Crippen LogP contribution in [-0.4, -0.2) is 10.5 Å². The van der Waals surface area contributed by atoms with Crippen molar-refractivity contribution < 1.29 is 9.18 Å². The Balaban J connectivity index is 1.92. The van der Waals surface area contributed by atoms with Gasteiger partial charge in [0.15, 0.2) is 0 Å². The summed E-state index contributed by atoms with van der Waals surface area (Å²) in [7, 11) is 0. The lowest BCUT2D eigenvalue weighted by Gasteiger charge is -2.19. The lowest BCUT2D eigenvalue weighted by atomic mass is 9.92. The molecule has 4 heteroatoms. The quantitative estimate of drug-likeness (QED) is 0.620. The number of fused-ring (bicyclic) bond motifs is 1. The molecule has 1 heterocycles. The number of carbonyl (C=O) groups is 1. The second-order valence-corrected chi connectivity index (χ2v) is 8.48. The normalized spacial score (nSPS) is 11.8. The van der Waals surface area contributed by atoms with E-state index in [1.165, 1.54) is 12.1 Å². The number of carbonyl (C=O) groups excluding carboxylic acids is 1. The Morgan fingerprint density at radius 2 is 1.78 bits per heavy atom. The maximum absolute atomic E-state index is 13.1. The monoisotopic (exact) mass is 366 g/mol. The lowest BCUT2D eigenvalue weighted by molar-refractivity contribution is -0.117. The average Bonchev–Trinajstić information content (AvgIpc) is 2.95. The number of nitrogens with zero attached hydrogens (tertiary/aromatic N) is 1. The number of hydrogen-bond acceptors (Lipinski definition) is 1. The van der Waals surface area contributed by atoms with Crippen molar-refractivity contribution in [3.05, 3.63) is 65.1 Å². The third-order valence-corrected chi connectivity index (χ3v) is 4.75. The van der Waals surface area contributed by atoms with E-state index in [1.807, 2.05) is 32.2 Å². The molecule has 0 unspecified atom stereocenters. The molecular formula is C23H27FN2O. The van der Waals surface area contributed by atoms with Crippen molar-refractivity contribution in [1.29, 1.82) is 0 Å². The first kappa shape index (κ1) is 19.2. The SMILES string of the molecule is Cc1cc2c(ccn2Cc2ccc(F)cc2)c(C)c1NC(=O)CC(C)(C)C. The van der Waals surface area contributed by atoms with Gasteiger partial charge in [-0.05, 0) is 60.2 Å². The number of aromatic nitrogens is 1. The fourth-order valence-electron chi connectivity index (χ4n) is 3.45. The van der Waals surface area contributed by atoms with Crippen molar-refractivity contribution in [1.82, 2.24) is 4.57 Å². The van der Waals surface area contributed by atoms with Crippen molar-refractivity contribution in [2.45, 2.75) is 47.6 Å². The van der Waals surface area contributed by atoms with E-state index in [1.54, 1.807) is 0 Å². The smallest absolute Gasteiger partial charge is 0.224 e. The van der Waals surface area contributed by atoms with Crippen LogP contribution in [0.2, 0.25) is 0 Å². The first-order valence-corrected chi connectivity index (χ1v) is 9.27. The number of anilines is 1. The summed E-state index contributed by atoms with van der Waals surface area (Å²) in [6.45, 7) is 10.9. The molecule has 142 valence electrons. The Hall–Kier alpha value is -2.62. The minimum absolute atomic E-state index is 0.0406. The van der Waals surface area contributed by atoms with Crippen LogP contribution in [0.5, 0.6) is 0 Å². The molecule has 0 saturated carbocycles. The van der Waals surface area contributed by atoms with E-state index in [9.17, 15) is 9.18 Å². The summed E-state index contributed by atoms with van der Waals surface area (Å²) >= 11 is 0. The third-order valence-electron chi connectivity index (χ3n) is 4.75. The molecule has 0 bridgehead atoms. The molecule has 0 radical (unpaired) electrons. The molecule has 27 heavy (non-hydrogen) atoms. The van der Waals surface area contributed by atoms with Crippen molar-refractivity contribution >= 4 is 22.5 Å². The molecule has 3 nitrogen and oxygen atoms in total. The zero-order valence-electron chi connectivity index (χ0n) is 16.7. The minimum atomic E-state index is -0.224. The van der Waals surface area contributed by atoms with Gasteiger partial charge in [-0.2, -0.15) is 0 Å². The minimum Gasteiger partial charge on any atom is -0.343 e. The van der Waals surface area contributed by atoms with Crippen molar-refractivity contribution in [3.63, 3.8) is 0 Å². The fraction of sp³-hybridized carbons (Fsp3) is 0.348. The Labute approximate surface area is 160 Å². The Bertz CT molecular complexity index is 978. The predicted molar refractivity (Wildman–Crippen MR) is 110 cm³/mol. The second-order valence-electron chi connectivity index (χ2n) is 8.48. The molecule has 0 aliphatic rings. The Morgan fingerprint density at radius 3 is 2.41 bits per heavy atom. The third kappa shape index (κ3) is 4.38. The van der Waals surface area contributed by atoms with Gasteiger partial charge in [0.05, 0.1) is 0 Å². The van der Waals surface area contributed by atoms with Crippen LogP contribution in [-0.2, 0) is 11.3 Å². The number of rotatable bonds is 4. The molecule has 0 fully saturated rings. The number of aryl methyl sites for hydroxylation is 2. The average molecular weight is 366 g/mol. The summed E-state index contributed by atoms with van der Waals surface area (Å²) in [4.78, 5) is 12.4. The van der Waals surface area contributed by atoms with Gasteiger partial charge in [-0.25, -0.2) is 4.39 Å². The summed E-state index contributed by atoms with van der Waals surface area (Å²) in [5.74, 6) is -0.183. The molecule has 3 rings (SSSR count). The zero-order chi connectivity index (χ0) is 19.8. The molecular weight excluding hydrogens is 339 g/mol. The molecule has 1 amide bonds. The van der Waals surface area contributed by atoms with Crippen molar-refractivity contribution in [3.8, 4) is 0 Å². The summed E-state index contributed by atoms with van der Waals surface area (Å²) < 4.78 is 15.3. The number of hydrogen-bond donors (Lipinski definition) is 1. The van der Waals surface area contributed by atoms with Gasteiger partial charge in [0.1, 0.15) is 5.82 Å². The number of nitrogens with one attached hydrogen (secondary N) is 1. The van der Waals surface area contributed by atoms with Gasteiger partial charge in [-0.3, -0.25) is 4.79 Å². The molecule has 2 aromatic carbocycles. The maximum atomic E-state index is 13.1. The molecule has 0 saturated heterocycles. The summed E-state index contributed by atoms with van der Waals surface area (Å²) in [5, 5.41) is 4.22. The zero-order valence-corrected chi connectivity index (χ0v) is 16.7. The van der Waals surface area contributed by atoms with Crippen LogP contribution in [0.25, 0.3) is 10.9 Å². The highest BCUT2D eigenvalue weighted by Crippen LogP contribution is 2.31. The van der Waals surface area contributed by atoms with E-state index < -0.39 is 0 Å². The van der Waals surface area contributed by atoms with Gasteiger partial charge in [0.25, 0.3) is 0 Å². The van der Waals surface area contributed by atoms with Crippen LogP contribution in [0.1, 0.15) is 43.9 Å². The predicted octanol–water partition coefficient (Wildman–Crippen LogP) is 5.82. The molecule has 0 aliphatic carbocycles. The number of benzene rings is 2. The highest BCUT2D eigenvalue weighted by Gasteiger charge is 2.18. The van der Waals surface area contributed by atoms with Gasteiger partial charge in [-0.15, -0.1) is 0 Å². The number of halogens is 1. The van der Waals surface area contributed by atoms with Gasteiger partial charge in [0, 0.05) is 35.8 Å². The number of amides is 1. The lowest BCUT2D eigenvalue weighted by Crippen LogP contribution is -2.20. The van der Waals surface area contributed by atoms with Crippen LogP contribution >= 0.6 is 0 Å². The Morgan fingerprint density at radius 1 is 1.11 bits per heavy atom.